The molecule has 0 aliphatic rings. The van der Waals surface area contributed by atoms with Crippen LogP contribution in [0.15, 0.2) is 17.0 Å². The maximum absolute atomic E-state index is 13.6. The van der Waals surface area contributed by atoms with Gasteiger partial charge in [0, 0.05) is 12.1 Å². The molecule has 0 amide bonds. The van der Waals surface area contributed by atoms with Gasteiger partial charge in [0.25, 0.3) is 0 Å². The Hall–Kier alpha value is -0.400. The molecular weight excluding hydrogens is 326 g/mol. The van der Waals surface area contributed by atoms with Crippen molar-refractivity contribution in [2.45, 2.75) is 31.2 Å². The predicted octanol–water partition coefficient (Wildman–Crippen LogP) is 2.78. The Balaban J connectivity index is 3.29. The van der Waals surface area contributed by atoms with Gasteiger partial charge in [-0.15, -0.1) is 0 Å². The Morgan fingerprint density at radius 3 is 2.40 bits per heavy atom. The summed E-state index contributed by atoms with van der Waals surface area (Å²) in [6, 6.07) is 2.31. The zero-order valence-electron chi connectivity index (χ0n) is 11.4. The number of sulfonamides is 1. The molecule has 0 aliphatic carbocycles. The molecule has 0 radical (unpaired) electrons. The molecule has 0 aliphatic heterocycles. The highest BCUT2D eigenvalue weighted by molar-refractivity contribution is 7.89. The third kappa shape index (κ3) is 3.43. The van der Waals surface area contributed by atoms with Crippen LogP contribution in [-0.2, 0) is 10.0 Å². The molecule has 20 heavy (non-hydrogen) atoms. The lowest BCUT2D eigenvalue weighted by Crippen LogP contribution is -2.54. The fourth-order valence-corrected chi connectivity index (χ4v) is 3.76. The molecule has 0 saturated carbocycles. The van der Waals surface area contributed by atoms with Crippen LogP contribution in [0.1, 0.15) is 20.8 Å². The molecule has 0 spiro atoms. The third-order valence-electron chi connectivity index (χ3n) is 3.36. The van der Waals surface area contributed by atoms with E-state index < -0.39 is 26.4 Å². The van der Waals surface area contributed by atoms with E-state index in [1.54, 1.807) is 6.92 Å². The molecule has 4 nitrogen and oxygen atoms in total. The van der Waals surface area contributed by atoms with Crippen molar-refractivity contribution in [3.05, 3.63) is 28.0 Å². The van der Waals surface area contributed by atoms with Crippen molar-refractivity contribution in [3.63, 3.8) is 0 Å². The van der Waals surface area contributed by atoms with E-state index >= 15 is 0 Å². The van der Waals surface area contributed by atoms with Crippen LogP contribution in [-0.4, -0.2) is 20.5 Å². The molecule has 1 atom stereocenters. The average Bonchev–Trinajstić information content (AvgIpc) is 2.34. The Morgan fingerprint density at radius 1 is 1.40 bits per heavy atom. The lowest BCUT2D eigenvalue weighted by atomic mass is 9.90. The highest BCUT2D eigenvalue weighted by atomic mass is 35.5. The topological polar surface area (TPSA) is 72.2 Å². The smallest absolute Gasteiger partial charge is 0.242 e. The fraction of sp³-hybridized carbons (Fsp3) is 0.500. The van der Waals surface area contributed by atoms with E-state index in [4.69, 9.17) is 28.9 Å². The van der Waals surface area contributed by atoms with Gasteiger partial charge in [-0.05, 0) is 25.0 Å². The predicted molar refractivity (Wildman–Crippen MR) is 79.0 cm³/mol. The molecule has 0 aromatic heterocycles. The standard InChI is InChI=1S/C12H17Cl2FN2O2S/c1-7(2)12(3,6-16)17-20(18,19)9-5-4-8(13)11(15)10(9)14/h4-5,7,17H,6,16H2,1-3H3. The van der Waals surface area contributed by atoms with Gasteiger partial charge < -0.3 is 5.73 Å². The molecule has 0 bridgehead atoms. The van der Waals surface area contributed by atoms with Crippen LogP contribution in [0, 0.1) is 11.7 Å². The van der Waals surface area contributed by atoms with E-state index in [-0.39, 0.29) is 22.4 Å². The summed E-state index contributed by atoms with van der Waals surface area (Å²) >= 11 is 11.3. The van der Waals surface area contributed by atoms with Crippen molar-refractivity contribution < 1.29 is 12.8 Å². The summed E-state index contributed by atoms with van der Waals surface area (Å²) in [6.07, 6.45) is 0. The second-order valence-electron chi connectivity index (χ2n) is 5.06. The second-order valence-corrected chi connectivity index (χ2v) is 7.49. The monoisotopic (exact) mass is 342 g/mol. The lowest BCUT2D eigenvalue weighted by molar-refractivity contribution is 0.315. The highest BCUT2D eigenvalue weighted by Gasteiger charge is 2.34. The van der Waals surface area contributed by atoms with Gasteiger partial charge in [0.2, 0.25) is 10.0 Å². The lowest BCUT2D eigenvalue weighted by Gasteiger charge is -2.33. The summed E-state index contributed by atoms with van der Waals surface area (Å²) < 4.78 is 40.8. The van der Waals surface area contributed by atoms with Crippen molar-refractivity contribution in [2.24, 2.45) is 11.7 Å². The molecule has 1 aromatic carbocycles. The van der Waals surface area contributed by atoms with Crippen LogP contribution in [0.3, 0.4) is 0 Å². The van der Waals surface area contributed by atoms with Crippen molar-refractivity contribution in [2.75, 3.05) is 6.54 Å². The molecule has 1 unspecified atom stereocenters. The van der Waals surface area contributed by atoms with E-state index in [0.717, 1.165) is 12.1 Å². The van der Waals surface area contributed by atoms with Gasteiger partial charge in [0.1, 0.15) is 4.90 Å². The molecular formula is C12H17Cl2FN2O2S. The van der Waals surface area contributed by atoms with E-state index in [1.807, 2.05) is 13.8 Å². The first-order valence-corrected chi connectivity index (χ1v) is 8.16. The van der Waals surface area contributed by atoms with Crippen LogP contribution in [0.25, 0.3) is 0 Å². The maximum atomic E-state index is 13.6. The minimum absolute atomic E-state index is 0.0572. The van der Waals surface area contributed by atoms with Gasteiger partial charge in [-0.2, -0.15) is 0 Å². The molecule has 3 N–H and O–H groups in total. The van der Waals surface area contributed by atoms with Gasteiger partial charge in [-0.25, -0.2) is 17.5 Å². The highest BCUT2D eigenvalue weighted by Crippen LogP contribution is 2.30. The second kappa shape index (κ2) is 6.15. The summed E-state index contributed by atoms with van der Waals surface area (Å²) in [6.45, 7) is 5.44. The van der Waals surface area contributed by atoms with E-state index in [2.05, 4.69) is 4.72 Å². The first-order chi connectivity index (χ1) is 9.05. The fourth-order valence-electron chi connectivity index (χ4n) is 1.47. The number of rotatable bonds is 5. The van der Waals surface area contributed by atoms with Gasteiger partial charge >= 0.3 is 0 Å². The van der Waals surface area contributed by atoms with Gasteiger partial charge in [-0.1, -0.05) is 37.0 Å². The van der Waals surface area contributed by atoms with Gasteiger partial charge in [0.15, 0.2) is 5.82 Å². The normalized spacial score (nSPS) is 15.4. The average molecular weight is 343 g/mol. The first-order valence-electron chi connectivity index (χ1n) is 5.92. The van der Waals surface area contributed by atoms with Crippen molar-refractivity contribution >= 4 is 33.2 Å². The molecule has 114 valence electrons. The summed E-state index contributed by atoms with van der Waals surface area (Å²) in [5.41, 5.74) is 4.77. The van der Waals surface area contributed by atoms with Crippen molar-refractivity contribution in [3.8, 4) is 0 Å². The number of nitrogens with two attached hydrogens (primary N) is 1. The molecule has 8 heteroatoms. The first kappa shape index (κ1) is 17.7. The number of benzene rings is 1. The Kier molecular flexibility index (Phi) is 5.43. The maximum Gasteiger partial charge on any atom is 0.242 e. The Bertz CT molecular complexity index is 608. The number of hydrogen-bond donors (Lipinski definition) is 2. The van der Waals surface area contributed by atoms with Crippen LogP contribution in [0.2, 0.25) is 10.0 Å². The Labute approximate surface area is 128 Å². The van der Waals surface area contributed by atoms with Crippen LogP contribution < -0.4 is 10.5 Å². The van der Waals surface area contributed by atoms with E-state index in [9.17, 15) is 12.8 Å². The van der Waals surface area contributed by atoms with Crippen molar-refractivity contribution in [1.29, 1.82) is 0 Å². The summed E-state index contributed by atoms with van der Waals surface area (Å²) in [5.74, 6) is -1.02. The van der Waals surface area contributed by atoms with Crippen LogP contribution in [0.5, 0.6) is 0 Å². The summed E-state index contributed by atoms with van der Waals surface area (Å²) in [5, 5.41) is -0.771. The molecule has 0 fully saturated rings. The Morgan fingerprint density at radius 2 is 1.95 bits per heavy atom. The summed E-state index contributed by atoms with van der Waals surface area (Å²) in [4.78, 5) is -0.360. The van der Waals surface area contributed by atoms with Crippen molar-refractivity contribution in [1.82, 2.24) is 4.72 Å². The SMILES string of the molecule is CC(C)C(C)(CN)NS(=O)(=O)c1ccc(Cl)c(F)c1Cl. The van der Waals surface area contributed by atoms with E-state index in [0.29, 0.717) is 0 Å². The molecule has 0 heterocycles. The molecule has 1 aromatic rings. The number of hydrogen-bond acceptors (Lipinski definition) is 3. The minimum Gasteiger partial charge on any atom is -0.329 e. The quantitative estimate of drug-likeness (QED) is 0.808. The minimum atomic E-state index is -4.01. The molecule has 0 saturated heterocycles. The zero-order valence-corrected chi connectivity index (χ0v) is 13.7. The summed E-state index contributed by atoms with van der Waals surface area (Å²) in [7, 11) is -4.01. The van der Waals surface area contributed by atoms with Crippen LogP contribution in [0.4, 0.5) is 4.39 Å². The van der Waals surface area contributed by atoms with Gasteiger partial charge in [0.05, 0.1) is 10.0 Å². The third-order valence-corrected chi connectivity index (χ3v) is 5.78. The van der Waals surface area contributed by atoms with E-state index in [1.165, 1.54) is 0 Å². The number of halogens is 3. The van der Waals surface area contributed by atoms with Crippen LogP contribution >= 0.6 is 23.2 Å². The number of nitrogens with one attached hydrogen (secondary N) is 1. The van der Waals surface area contributed by atoms with Gasteiger partial charge in [-0.3, -0.25) is 0 Å². The molecule has 1 rings (SSSR count). The largest absolute Gasteiger partial charge is 0.329 e. The zero-order chi connectivity index (χ0) is 15.7.